The normalized spacial score (nSPS) is 16.0. The van der Waals surface area contributed by atoms with E-state index in [1.54, 1.807) is 35.2 Å². The van der Waals surface area contributed by atoms with Gasteiger partial charge in [0.1, 0.15) is 5.69 Å². The quantitative estimate of drug-likeness (QED) is 0.730. The average Bonchev–Trinajstić information content (AvgIpc) is 3.05. The number of carbonyl (C=O) groups excluding carboxylic acids is 1. The summed E-state index contributed by atoms with van der Waals surface area (Å²) in [6.45, 7) is 1.13. The molecule has 0 spiro atoms. The van der Waals surface area contributed by atoms with Crippen molar-refractivity contribution in [1.29, 1.82) is 0 Å². The van der Waals surface area contributed by atoms with Gasteiger partial charge < -0.3 is 9.88 Å². The van der Waals surface area contributed by atoms with Crippen LogP contribution in [0.4, 0.5) is 0 Å². The molecule has 0 saturated carbocycles. The molecule has 3 aromatic rings. The summed E-state index contributed by atoms with van der Waals surface area (Å²) in [5.41, 5.74) is 1.15. The van der Waals surface area contributed by atoms with Gasteiger partial charge in [0.05, 0.1) is 9.92 Å². The van der Waals surface area contributed by atoms with Crippen LogP contribution in [0.25, 0.3) is 10.9 Å². The molecule has 27 heavy (non-hydrogen) atoms. The highest BCUT2D eigenvalue weighted by Crippen LogP contribution is 2.28. The van der Waals surface area contributed by atoms with Gasteiger partial charge in [-0.15, -0.1) is 0 Å². The van der Waals surface area contributed by atoms with E-state index in [9.17, 15) is 13.2 Å². The number of rotatable bonds is 3. The summed E-state index contributed by atoms with van der Waals surface area (Å²) in [6.07, 6.45) is 0. The molecule has 1 aliphatic rings. The molecule has 1 amide bonds. The molecule has 0 unspecified atom stereocenters. The van der Waals surface area contributed by atoms with Gasteiger partial charge in [0.25, 0.3) is 5.91 Å². The Morgan fingerprint density at radius 2 is 1.56 bits per heavy atom. The second kappa shape index (κ2) is 6.99. The summed E-state index contributed by atoms with van der Waals surface area (Å²) in [4.78, 5) is 17.8. The number of hydrogen-bond donors (Lipinski definition) is 1. The van der Waals surface area contributed by atoms with Crippen LogP contribution in [-0.4, -0.2) is 54.7 Å². The van der Waals surface area contributed by atoms with E-state index >= 15 is 0 Å². The Balaban J connectivity index is 1.50. The Hall–Kier alpha value is -2.35. The van der Waals surface area contributed by atoms with Crippen LogP contribution in [0, 0.1) is 0 Å². The number of halogens is 1. The topological polar surface area (TPSA) is 73.5 Å². The van der Waals surface area contributed by atoms with Crippen molar-refractivity contribution in [1.82, 2.24) is 14.2 Å². The van der Waals surface area contributed by atoms with Gasteiger partial charge >= 0.3 is 0 Å². The standard InChI is InChI=1S/C19H18ClN3O3S/c20-17-15-8-4-5-9-16(15)21-18(17)19(24)22-10-12-23(13-11-22)27(25,26)14-6-2-1-3-7-14/h1-9,21H,10-13H2. The molecule has 0 radical (unpaired) electrons. The lowest BCUT2D eigenvalue weighted by Gasteiger charge is -2.33. The highest BCUT2D eigenvalue weighted by molar-refractivity contribution is 7.89. The highest BCUT2D eigenvalue weighted by Gasteiger charge is 2.31. The third-order valence-electron chi connectivity index (χ3n) is 4.76. The molecule has 0 bridgehead atoms. The third kappa shape index (κ3) is 3.22. The lowest BCUT2D eigenvalue weighted by atomic mass is 10.2. The monoisotopic (exact) mass is 403 g/mol. The van der Waals surface area contributed by atoms with E-state index in [0.29, 0.717) is 23.8 Å². The second-order valence-electron chi connectivity index (χ2n) is 6.37. The maximum atomic E-state index is 12.9. The number of aromatic nitrogens is 1. The molecule has 6 nitrogen and oxygen atoms in total. The van der Waals surface area contributed by atoms with Crippen molar-refractivity contribution < 1.29 is 13.2 Å². The van der Waals surface area contributed by atoms with Crippen LogP contribution < -0.4 is 0 Å². The van der Waals surface area contributed by atoms with Gasteiger partial charge in [-0.25, -0.2) is 8.42 Å². The Morgan fingerprint density at radius 1 is 0.926 bits per heavy atom. The molecule has 0 atom stereocenters. The molecule has 1 aromatic heterocycles. The maximum absolute atomic E-state index is 12.9. The molecule has 1 fully saturated rings. The van der Waals surface area contributed by atoms with Crippen molar-refractivity contribution in [3.05, 3.63) is 65.3 Å². The van der Waals surface area contributed by atoms with Crippen molar-refractivity contribution in [2.24, 2.45) is 0 Å². The van der Waals surface area contributed by atoms with Crippen LogP contribution in [0.15, 0.2) is 59.5 Å². The number of fused-ring (bicyclic) bond motifs is 1. The summed E-state index contributed by atoms with van der Waals surface area (Å²) < 4.78 is 26.8. The molecule has 1 aliphatic heterocycles. The minimum Gasteiger partial charge on any atom is -0.349 e. The lowest BCUT2D eigenvalue weighted by Crippen LogP contribution is -2.50. The maximum Gasteiger partial charge on any atom is 0.271 e. The van der Waals surface area contributed by atoms with Gasteiger partial charge in [0.2, 0.25) is 10.0 Å². The average molecular weight is 404 g/mol. The zero-order valence-corrected chi connectivity index (χ0v) is 16.0. The highest BCUT2D eigenvalue weighted by atomic mass is 35.5. The van der Waals surface area contributed by atoms with Gasteiger partial charge in [-0.05, 0) is 18.2 Å². The first-order valence-electron chi connectivity index (χ1n) is 8.59. The lowest BCUT2D eigenvalue weighted by molar-refractivity contribution is 0.0693. The van der Waals surface area contributed by atoms with Crippen LogP contribution in [0.5, 0.6) is 0 Å². The number of piperazine rings is 1. The summed E-state index contributed by atoms with van der Waals surface area (Å²) in [5, 5.41) is 1.20. The third-order valence-corrected chi connectivity index (χ3v) is 7.07. The first kappa shape index (κ1) is 18.0. The molecule has 2 heterocycles. The second-order valence-corrected chi connectivity index (χ2v) is 8.68. The SMILES string of the molecule is O=C(c1[nH]c2ccccc2c1Cl)N1CCN(S(=O)(=O)c2ccccc2)CC1. The molecule has 1 N–H and O–H groups in total. The van der Waals surface area contributed by atoms with E-state index in [1.807, 2.05) is 24.3 Å². The van der Waals surface area contributed by atoms with E-state index in [2.05, 4.69) is 4.98 Å². The van der Waals surface area contributed by atoms with E-state index in [4.69, 9.17) is 11.6 Å². The number of sulfonamides is 1. The minimum atomic E-state index is -3.54. The fourth-order valence-corrected chi connectivity index (χ4v) is 5.02. The summed E-state index contributed by atoms with van der Waals surface area (Å²) in [7, 11) is -3.54. The zero-order valence-electron chi connectivity index (χ0n) is 14.4. The number of para-hydroxylation sites is 1. The predicted molar refractivity (Wildman–Crippen MR) is 104 cm³/mol. The molecular weight excluding hydrogens is 386 g/mol. The molecule has 2 aromatic carbocycles. The van der Waals surface area contributed by atoms with Gasteiger partial charge in [0.15, 0.2) is 0 Å². The van der Waals surface area contributed by atoms with E-state index in [0.717, 1.165) is 10.9 Å². The van der Waals surface area contributed by atoms with Gasteiger partial charge in [-0.2, -0.15) is 4.31 Å². The van der Waals surface area contributed by atoms with E-state index in [-0.39, 0.29) is 23.9 Å². The number of amides is 1. The van der Waals surface area contributed by atoms with Crippen molar-refractivity contribution in [3.63, 3.8) is 0 Å². The molecular formula is C19H18ClN3O3S. The van der Waals surface area contributed by atoms with Crippen LogP contribution in [0.1, 0.15) is 10.5 Å². The summed E-state index contributed by atoms with van der Waals surface area (Å²) in [6, 6.07) is 15.8. The first-order valence-corrected chi connectivity index (χ1v) is 10.4. The fourth-order valence-electron chi connectivity index (χ4n) is 3.29. The Bertz CT molecular complexity index is 1090. The molecule has 8 heteroatoms. The van der Waals surface area contributed by atoms with Gasteiger partial charge in [-0.1, -0.05) is 48.0 Å². The molecule has 4 rings (SSSR count). The number of nitrogens with zero attached hydrogens (tertiary/aromatic N) is 2. The first-order chi connectivity index (χ1) is 13.0. The van der Waals surface area contributed by atoms with Crippen molar-refractivity contribution in [2.45, 2.75) is 4.90 Å². The van der Waals surface area contributed by atoms with Gasteiger partial charge in [0, 0.05) is 37.1 Å². The molecule has 0 aliphatic carbocycles. The molecule has 140 valence electrons. The fraction of sp³-hybridized carbons (Fsp3) is 0.211. The Kier molecular flexibility index (Phi) is 4.67. The van der Waals surface area contributed by atoms with Crippen molar-refractivity contribution >= 4 is 38.4 Å². The number of aromatic amines is 1. The minimum absolute atomic E-state index is 0.215. The number of H-pyrrole nitrogens is 1. The molecule has 1 saturated heterocycles. The number of benzene rings is 2. The van der Waals surface area contributed by atoms with Crippen LogP contribution in [0.3, 0.4) is 0 Å². The number of carbonyl (C=O) groups is 1. The summed E-state index contributed by atoms with van der Waals surface area (Å²) in [5.74, 6) is -0.215. The van der Waals surface area contributed by atoms with Crippen LogP contribution in [0.2, 0.25) is 5.02 Å². The van der Waals surface area contributed by atoms with Crippen LogP contribution in [-0.2, 0) is 10.0 Å². The van der Waals surface area contributed by atoms with E-state index < -0.39 is 10.0 Å². The number of hydrogen-bond acceptors (Lipinski definition) is 3. The van der Waals surface area contributed by atoms with E-state index in [1.165, 1.54) is 4.31 Å². The number of nitrogens with one attached hydrogen (secondary N) is 1. The van der Waals surface area contributed by atoms with Crippen molar-refractivity contribution in [3.8, 4) is 0 Å². The zero-order chi connectivity index (χ0) is 19.0. The Labute approximate surface area is 162 Å². The predicted octanol–water partition coefficient (Wildman–Crippen LogP) is 2.97. The largest absolute Gasteiger partial charge is 0.349 e. The Morgan fingerprint density at radius 3 is 2.22 bits per heavy atom. The summed E-state index contributed by atoms with van der Waals surface area (Å²) >= 11 is 6.37. The smallest absolute Gasteiger partial charge is 0.271 e. The van der Waals surface area contributed by atoms with Crippen LogP contribution >= 0.6 is 11.6 Å². The van der Waals surface area contributed by atoms with Gasteiger partial charge in [-0.3, -0.25) is 4.79 Å². The van der Waals surface area contributed by atoms with Crippen molar-refractivity contribution in [2.75, 3.05) is 26.2 Å².